The number of aliphatic carboxylic acids is 1. The van der Waals surface area contributed by atoms with Crippen LogP contribution in [0.25, 0.3) is 11.3 Å². The van der Waals surface area contributed by atoms with Crippen molar-refractivity contribution in [1.29, 1.82) is 0 Å². The van der Waals surface area contributed by atoms with Crippen molar-refractivity contribution in [2.24, 2.45) is 11.8 Å². The zero-order valence-electron chi connectivity index (χ0n) is 15.1. The summed E-state index contributed by atoms with van der Waals surface area (Å²) in [7, 11) is 1.58. The van der Waals surface area contributed by atoms with Gasteiger partial charge < -0.3 is 19.9 Å². The summed E-state index contributed by atoms with van der Waals surface area (Å²) in [5, 5.41) is 19.1. The lowest BCUT2D eigenvalue weighted by atomic mass is 9.86. The molecule has 1 aromatic heterocycles. The third kappa shape index (κ3) is 4.46. The van der Waals surface area contributed by atoms with Gasteiger partial charge in [0.15, 0.2) is 0 Å². The lowest BCUT2D eigenvalue weighted by Gasteiger charge is -2.27. The van der Waals surface area contributed by atoms with Crippen LogP contribution in [0, 0.1) is 11.8 Å². The van der Waals surface area contributed by atoms with Gasteiger partial charge in [-0.1, -0.05) is 0 Å². The number of ether oxygens (including phenoxy) is 2. The number of H-pyrrole nitrogens is 1. The van der Waals surface area contributed by atoms with Crippen LogP contribution >= 0.6 is 0 Å². The summed E-state index contributed by atoms with van der Waals surface area (Å²) in [4.78, 5) is 24.2. The normalized spacial score (nSPS) is 15.9. The van der Waals surface area contributed by atoms with Crippen molar-refractivity contribution in [3.8, 4) is 17.0 Å². The van der Waals surface area contributed by atoms with Crippen LogP contribution in [0.15, 0.2) is 30.5 Å². The maximum absolute atomic E-state index is 12.6. The number of nitrogens with one attached hydrogen (secondary N) is 2. The second-order valence-electron chi connectivity index (χ2n) is 6.49. The van der Waals surface area contributed by atoms with Crippen LogP contribution in [0.1, 0.15) is 23.2 Å². The lowest BCUT2D eigenvalue weighted by molar-refractivity contribution is -0.144. The monoisotopic (exact) mass is 373 g/mol. The van der Waals surface area contributed by atoms with Crippen molar-refractivity contribution in [3.63, 3.8) is 0 Å². The van der Waals surface area contributed by atoms with Crippen molar-refractivity contribution >= 4 is 11.9 Å². The summed E-state index contributed by atoms with van der Waals surface area (Å²) < 4.78 is 10.4. The third-order valence-electron chi connectivity index (χ3n) is 4.90. The summed E-state index contributed by atoms with van der Waals surface area (Å²) in [6.07, 6.45) is 2.82. The van der Waals surface area contributed by atoms with E-state index in [9.17, 15) is 14.7 Å². The summed E-state index contributed by atoms with van der Waals surface area (Å²) in [5.74, 6) is -1.17. The molecule has 144 valence electrons. The van der Waals surface area contributed by atoms with E-state index in [1.54, 1.807) is 19.2 Å². The minimum Gasteiger partial charge on any atom is -0.497 e. The number of hydrogen-bond acceptors (Lipinski definition) is 5. The van der Waals surface area contributed by atoms with Gasteiger partial charge in [-0.2, -0.15) is 5.10 Å². The number of aromatic amines is 1. The van der Waals surface area contributed by atoms with E-state index in [1.165, 1.54) is 6.20 Å². The van der Waals surface area contributed by atoms with Crippen molar-refractivity contribution in [1.82, 2.24) is 15.5 Å². The van der Waals surface area contributed by atoms with E-state index in [0.717, 1.165) is 5.56 Å². The number of benzene rings is 1. The van der Waals surface area contributed by atoms with Gasteiger partial charge in [0.25, 0.3) is 5.91 Å². The van der Waals surface area contributed by atoms with Gasteiger partial charge in [-0.05, 0) is 43.0 Å². The Kier molecular flexibility index (Phi) is 6.08. The highest BCUT2D eigenvalue weighted by molar-refractivity contribution is 5.99. The number of aromatic nitrogens is 2. The van der Waals surface area contributed by atoms with Gasteiger partial charge in [-0.15, -0.1) is 0 Å². The van der Waals surface area contributed by atoms with Gasteiger partial charge in [0.05, 0.1) is 30.5 Å². The van der Waals surface area contributed by atoms with Crippen LogP contribution in [0.4, 0.5) is 0 Å². The van der Waals surface area contributed by atoms with Crippen molar-refractivity contribution in [2.75, 3.05) is 26.9 Å². The number of amides is 1. The molecule has 8 nitrogen and oxygen atoms in total. The zero-order valence-corrected chi connectivity index (χ0v) is 15.1. The number of hydrogen-bond donors (Lipinski definition) is 3. The molecule has 27 heavy (non-hydrogen) atoms. The largest absolute Gasteiger partial charge is 0.497 e. The fourth-order valence-corrected chi connectivity index (χ4v) is 3.31. The summed E-state index contributed by atoms with van der Waals surface area (Å²) in [5.41, 5.74) is 1.74. The minimum atomic E-state index is -0.898. The molecule has 1 fully saturated rings. The number of carboxylic acids is 1. The van der Waals surface area contributed by atoms with Crippen LogP contribution in [-0.2, 0) is 9.53 Å². The molecule has 1 amide bonds. The first-order chi connectivity index (χ1) is 13.1. The highest BCUT2D eigenvalue weighted by atomic mass is 16.5. The van der Waals surface area contributed by atoms with Gasteiger partial charge in [0.1, 0.15) is 5.75 Å². The molecule has 1 aliphatic heterocycles. The molecule has 0 aliphatic carbocycles. The first-order valence-electron chi connectivity index (χ1n) is 8.86. The second-order valence-corrected chi connectivity index (χ2v) is 6.49. The number of rotatable bonds is 7. The fraction of sp³-hybridized carbons (Fsp3) is 0.421. The van der Waals surface area contributed by atoms with E-state index in [2.05, 4.69) is 15.5 Å². The zero-order chi connectivity index (χ0) is 19.2. The Morgan fingerprint density at radius 3 is 2.67 bits per heavy atom. The topological polar surface area (TPSA) is 114 Å². The van der Waals surface area contributed by atoms with Crippen LogP contribution < -0.4 is 10.1 Å². The number of carbonyl (C=O) groups excluding carboxylic acids is 1. The van der Waals surface area contributed by atoms with Crippen molar-refractivity contribution in [2.45, 2.75) is 12.8 Å². The molecule has 0 saturated carbocycles. The molecule has 2 aromatic rings. The van der Waals surface area contributed by atoms with Crippen molar-refractivity contribution < 1.29 is 24.2 Å². The van der Waals surface area contributed by atoms with Crippen LogP contribution in [0.3, 0.4) is 0 Å². The Hall–Kier alpha value is -2.87. The smallest absolute Gasteiger partial charge is 0.308 e. The molecular formula is C19H23N3O5. The molecule has 0 spiro atoms. The molecule has 0 radical (unpaired) electrons. The van der Waals surface area contributed by atoms with Gasteiger partial charge in [0, 0.05) is 25.3 Å². The average molecular weight is 373 g/mol. The molecule has 1 atom stereocenters. The highest BCUT2D eigenvalue weighted by Crippen LogP contribution is 2.25. The second kappa shape index (κ2) is 8.68. The van der Waals surface area contributed by atoms with E-state index in [0.29, 0.717) is 43.1 Å². The maximum Gasteiger partial charge on any atom is 0.308 e. The van der Waals surface area contributed by atoms with E-state index >= 15 is 0 Å². The van der Waals surface area contributed by atoms with Crippen LogP contribution in [0.2, 0.25) is 0 Å². The molecule has 1 saturated heterocycles. The SMILES string of the molecule is COc1ccc(-c2[nH]ncc2C(=O)NCC(C(=O)O)C2CCOCC2)cc1. The van der Waals surface area contributed by atoms with Crippen molar-refractivity contribution in [3.05, 3.63) is 36.0 Å². The molecule has 1 aromatic carbocycles. The Balaban J connectivity index is 1.69. The molecule has 8 heteroatoms. The molecule has 3 N–H and O–H groups in total. The first-order valence-corrected chi connectivity index (χ1v) is 8.86. The number of carboxylic acid groups (broad SMARTS) is 1. The first kappa shape index (κ1) is 18.9. The predicted octanol–water partition coefficient (Wildman–Crippen LogP) is 1.94. The number of carbonyl (C=O) groups is 2. The van der Waals surface area contributed by atoms with Gasteiger partial charge in [-0.3, -0.25) is 14.7 Å². The van der Waals surface area contributed by atoms with Gasteiger partial charge >= 0.3 is 5.97 Å². The lowest BCUT2D eigenvalue weighted by Crippen LogP contribution is -2.39. The quantitative estimate of drug-likeness (QED) is 0.683. The third-order valence-corrected chi connectivity index (χ3v) is 4.90. The van der Waals surface area contributed by atoms with Gasteiger partial charge in [-0.25, -0.2) is 0 Å². The Morgan fingerprint density at radius 1 is 1.33 bits per heavy atom. The number of nitrogens with zero attached hydrogens (tertiary/aromatic N) is 1. The molecule has 0 bridgehead atoms. The van der Waals surface area contributed by atoms with E-state index in [1.807, 2.05) is 12.1 Å². The molecule has 1 unspecified atom stereocenters. The van der Waals surface area contributed by atoms with Crippen LogP contribution in [-0.4, -0.2) is 54.0 Å². The van der Waals surface area contributed by atoms with Crippen LogP contribution in [0.5, 0.6) is 5.75 Å². The summed E-state index contributed by atoms with van der Waals surface area (Å²) >= 11 is 0. The van der Waals surface area contributed by atoms with E-state index in [-0.39, 0.29) is 18.4 Å². The fourth-order valence-electron chi connectivity index (χ4n) is 3.31. The molecule has 2 heterocycles. The standard InChI is InChI=1S/C19H23N3O5/c1-26-14-4-2-13(3-5-14)17-16(11-21-22-17)18(23)20-10-15(19(24)25)12-6-8-27-9-7-12/h2-5,11-12,15H,6-10H2,1H3,(H,20,23)(H,21,22)(H,24,25). The maximum atomic E-state index is 12.6. The Morgan fingerprint density at radius 2 is 2.04 bits per heavy atom. The van der Waals surface area contributed by atoms with Gasteiger partial charge in [0.2, 0.25) is 0 Å². The predicted molar refractivity (Wildman–Crippen MR) is 97.6 cm³/mol. The Bertz CT molecular complexity index is 781. The molecule has 1 aliphatic rings. The molecular weight excluding hydrogens is 350 g/mol. The number of methoxy groups -OCH3 is 1. The molecule has 3 rings (SSSR count). The highest BCUT2D eigenvalue weighted by Gasteiger charge is 2.30. The van der Waals surface area contributed by atoms with E-state index < -0.39 is 11.9 Å². The summed E-state index contributed by atoms with van der Waals surface area (Å²) in [6, 6.07) is 7.24. The van der Waals surface area contributed by atoms with E-state index in [4.69, 9.17) is 9.47 Å². The average Bonchev–Trinajstić information content (AvgIpc) is 3.18. The summed E-state index contributed by atoms with van der Waals surface area (Å²) in [6.45, 7) is 1.20. The minimum absolute atomic E-state index is 0.00181. The Labute approximate surface area is 156 Å².